The zero-order chi connectivity index (χ0) is 16.9. The van der Waals surface area contributed by atoms with Crippen LogP contribution in [0.15, 0.2) is 36.1 Å². The number of amides is 1. The Morgan fingerprint density at radius 1 is 1.35 bits per heavy atom. The first-order valence-electron chi connectivity index (χ1n) is 8.35. The summed E-state index contributed by atoms with van der Waals surface area (Å²) in [5.74, 6) is -0.0784. The molecule has 6 nitrogen and oxygen atoms in total. The highest BCUT2D eigenvalue weighted by Gasteiger charge is 2.20. The highest BCUT2D eigenvalue weighted by Crippen LogP contribution is 2.07. The van der Waals surface area contributed by atoms with Crippen molar-refractivity contribution in [2.75, 3.05) is 19.7 Å². The quantitative estimate of drug-likeness (QED) is 0.404. The van der Waals surface area contributed by atoms with Gasteiger partial charge in [0, 0.05) is 25.4 Å². The maximum atomic E-state index is 12.3. The van der Waals surface area contributed by atoms with Crippen LogP contribution in [0.1, 0.15) is 33.1 Å². The normalized spacial score (nSPS) is 25.1. The maximum absolute atomic E-state index is 12.3. The van der Waals surface area contributed by atoms with Gasteiger partial charge in [-0.1, -0.05) is 37.6 Å². The molecule has 0 aromatic carbocycles. The van der Waals surface area contributed by atoms with E-state index in [1.165, 1.54) is 0 Å². The minimum atomic E-state index is -0.371. The van der Waals surface area contributed by atoms with Crippen molar-refractivity contribution in [2.24, 2.45) is 0 Å². The molecule has 0 spiro atoms. The lowest BCUT2D eigenvalue weighted by molar-refractivity contribution is -0.122. The van der Waals surface area contributed by atoms with Gasteiger partial charge in [0.1, 0.15) is 6.04 Å². The number of allylic oxidation sites excluding steroid dienone is 4. The Bertz CT molecular complexity index is 432. The average molecular weight is 322 g/mol. The molecule has 0 bridgehead atoms. The number of rotatable bonds is 9. The van der Waals surface area contributed by atoms with Crippen LogP contribution in [0.4, 0.5) is 0 Å². The SMILES string of the molecule is CCNC\C1=C/C=C\C=C/NC(=O)C(NNC(CC)CCO)C1. The van der Waals surface area contributed by atoms with Crippen molar-refractivity contribution in [3.8, 4) is 0 Å². The molecule has 1 heterocycles. The third-order valence-corrected chi connectivity index (χ3v) is 3.69. The summed E-state index contributed by atoms with van der Waals surface area (Å²) in [7, 11) is 0. The van der Waals surface area contributed by atoms with Crippen LogP contribution in [0.3, 0.4) is 0 Å². The predicted octanol–water partition coefficient (Wildman–Crippen LogP) is 0.736. The van der Waals surface area contributed by atoms with Crippen LogP contribution in [0.2, 0.25) is 0 Å². The lowest BCUT2D eigenvalue weighted by atomic mass is 10.0. The first-order chi connectivity index (χ1) is 11.2. The third-order valence-electron chi connectivity index (χ3n) is 3.69. The molecule has 23 heavy (non-hydrogen) atoms. The summed E-state index contributed by atoms with van der Waals surface area (Å²) in [4.78, 5) is 12.3. The Balaban J connectivity index is 2.74. The maximum Gasteiger partial charge on any atom is 0.242 e. The summed E-state index contributed by atoms with van der Waals surface area (Å²) >= 11 is 0. The van der Waals surface area contributed by atoms with Crippen LogP contribution >= 0.6 is 0 Å². The van der Waals surface area contributed by atoms with Gasteiger partial charge < -0.3 is 15.7 Å². The smallest absolute Gasteiger partial charge is 0.242 e. The van der Waals surface area contributed by atoms with E-state index >= 15 is 0 Å². The second kappa shape index (κ2) is 12.0. The zero-order valence-electron chi connectivity index (χ0n) is 14.1. The predicted molar refractivity (Wildman–Crippen MR) is 93.5 cm³/mol. The molecular weight excluding hydrogens is 292 g/mol. The van der Waals surface area contributed by atoms with E-state index in [0.717, 1.165) is 25.1 Å². The number of carbonyl (C=O) groups is 1. The van der Waals surface area contributed by atoms with E-state index in [1.807, 2.05) is 25.2 Å². The molecule has 2 unspecified atom stereocenters. The van der Waals surface area contributed by atoms with Crippen LogP contribution in [0, 0.1) is 0 Å². The van der Waals surface area contributed by atoms with E-state index in [0.29, 0.717) is 12.8 Å². The monoisotopic (exact) mass is 322 g/mol. The Hall–Kier alpha value is -1.47. The highest BCUT2D eigenvalue weighted by atomic mass is 16.3. The van der Waals surface area contributed by atoms with Gasteiger partial charge in [0.25, 0.3) is 0 Å². The van der Waals surface area contributed by atoms with Crippen molar-refractivity contribution in [1.82, 2.24) is 21.5 Å². The minimum Gasteiger partial charge on any atom is -0.396 e. The minimum absolute atomic E-state index is 0.0784. The summed E-state index contributed by atoms with van der Waals surface area (Å²) in [6.45, 7) is 5.88. The Morgan fingerprint density at radius 3 is 2.87 bits per heavy atom. The molecule has 130 valence electrons. The van der Waals surface area contributed by atoms with Gasteiger partial charge in [0.05, 0.1) is 0 Å². The fourth-order valence-corrected chi connectivity index (χ4v) is 2.25. The molecule has 0 aliphatic carbocycles. The standard InChI is InChI=1S/C17H30N4O2/c1-3-15(9-11-22)20-21-16-12-14(13-18-4-2)8-6-5-7-10-19-17(16)23/h5-8,10,15-16,18,20-22H,3-4,9,11-13H2,1-2H3,(H,19,23)/b6-5-,10-7-,14-8-. The van der Waals surface area contributed by atoms with Gasteiger partial charge in [-0.2, -0.15) is 0 Å². The summed E-state index contributed by atoms with van der Waals surface area (Å²) in [5.41, 5.74) is 7.46. The number of hydrogen-bond acceptors (Lipinski definition) is 5. The third kappa shape index (κ3) is 8.08. The van der Waals surface area contributed by atoms with Crippen LogP contribution in [-0.4, -0.2) is 42.8 Å². The number of hydrazine groups is 1. The van der Waals surface area contributed by atoms with E-state index in [-0.39, 0.29) is 24.6 Å². The van der Waals surface area contributed by atoms with Crippen molar-refractivity contribution in [3.05, 3.63) is 36.1 Å². The zero-order valence-corrected chi connectivity index (χ0v) is 14.1. The summed E-state index contributed by atoms with van der Waals surface area (Å²) < 4.78 is 0. The van der Waals surface area contributed by atoms with Gasteiger partial charge in [-0.05, 0) is 31.9 Å². The molecule has 0 saturated heterocycles. The molecule has 1 rings (SSSR count). The summed E-state index contributed by atoms with van der Waals surface area (Å²) in [6.07, 6.45) is 11.5. The lowest BCUT2D eigenvalue weighted by Crippen LogP contribution is -2.52. The van der Waals surface area contributed by atoms with Crippen molar-refractivity contribution < 1.29 is 9.90 Å². The molecule has 1 amide bonds. The molecule has 1 aliphatic rings. The Labute approximate surface area is 139 Å². The summed E-state index contributed by atoms with van der Waals surface area (Å²) in [5, 5.41) is 15.1. The number of carbonyl (C=O) groups excluding carboxylic acids is 1. The number of aliphatic hydroxyl groups is 1. The van der Waals surface area contributed by atoms with E-state index in [1.54, 1.807) is 12.3 Å². The van der Waals surface area contributed by atoms with Gasteiger partial charge in [-0.3, -0.25) is 10.2 Å². The van der Waals surface area contributed by atoms with E-state index in [2.05, 4.69) is 28.4 Å². The first kappa shape index (κ1) is 19.6. The topological polar surface area (TPSA) is 85.4 Å². The largest absolute Gasteiger partial charge is 0.396 e. The highest BCUT2D eigenvalue weighted by molar-refractivity contribution is 5.83. The number of likely N-dealkylation sites (N-methyl/N-ethyl adjacent to an activating group) is 1. The van der Waals surface area contributed by atoms with Crippen molar-refractivity contribution >= 4 is 5.91 Å². The molecule has 0 aromatic heterocycles. The Kier molecular flexibility index (Phi) is 10.2. The van der Waals surface area contributed by atoms with Crippen LogP contribution in [0.5, 0.6) is 0 Å². The molecule has 6 heteroatoms. The molecule has 0 aromatic rings. The van der Waals surface area contributed by atoms with E-state index in [4.69, 9.17) is 5.11 Å². The molecule has 0 radical (unpaired) electrons. The molecular formula is C17H30N4O2. The van der Waals surface area contributed by atoms with Crippen molar-refractivity contribution in [3.63, 3.8) is 0 Å². The van der Waals surface area contributed by atoms with Gasteiger partial charge in [-0.15, -0.1) is 0 Å². The van der Waals surface area contributed by atoms with Gasteiger partial charge in [0.2, 0.25) is 5.91 Å². The number of aliphatic hydroxyl groups excluding tert-OH is 1. The fraction of sp³-hybridized carbons (Fsp3) is 0.588. The number of nitrogens with one attached hydrogen (secondary N) is 4. The first-order valence-corrected chi connectivity index (χ1v) is 8.35. The van der Waals surface area contributed by atoms with E-state index in [9.17, 15) is 4.79 Å². The average Bonchev–Trinajstić information content (AvgIpc) is 2.56. The number of hydrogen-bond donors (Lipinski definition) is 5. The Morgan fingerprint density at radius 2 is 2.17 bits per heavy atom. The molecule has 1 aliphatic heterocycles. The van der Waals surface area contributed by atoms with Crippen LogP contribution < -0.4 is 21.5 Å². The van der Waals surface area contributed by atoms with Crippen molar-refractivity contribution in [1.29, 1.82) is 0 Å². The lowest BCUT2D eigenvalue weighted by Gasteiger charge is -2.24. The second-order valence-corrected chi connectivity index (χ2v) is 5.52. The van der Waals surface area contributed by atoms with Gasteiger partial charge >= 0.3 is 0 Å². The molecule has 2 atom stereocenters. The van der Waals surface area contributed by atoms with Crippen LogP contribution in [-0.2, 0) is 4.79 Å². The van der Waals surface area contributed by atoms with Crippen molar-refractivity contribution in [2.45, 2.75) is 45.2 Å². The molecule has 0 saturated carbocycles. The van der Waals surface area contributed by atoms with Gasteiger partial charge in [0.15, 0.2) is 0 Å². The second-order valence-electron chi connectivity index (χ2n) is 5.52. The van der Waals surface area contributed by atoms with E-state index < -0.39 is 0 Å². The summed E-state index contributed by atoms with van der Waals surface area (Å²) in [6, 6.07) is -0.233. The molecule has 5 N–H and O–H groups in total. The van der Waals surface area contributed by atoms with Crippen LogP contribution in [0.25, 0.3) is 0 Å². The molecule has 0 fully saturated rings. The fourth-order valence-electron chi connectivity index (χ4n) is 2.25. The van der Waals surface area contributed by atoms with Gasteiger partial charge in [-0.25, -0.2) is 5.43 Å².